The van der Waals surface area contributed by atoms with Gasteiger partial charge in [0.2, 0.25) is 11.8 Å². The van der Waals surface area contributed by atoms with Crippen LogP contribution in [0.1, 0.15) is 31.9 Å². The van der Waals surface area contributed by atoms with Gasteiger partial charge in [0.05, 0.1) is 5.75 Å². The molecule has 0 unspecified atom stereocenters. The zero-order chi connectivity index (χ0) is 22.3. The lowest BCUT2D eigenvalue weighted by molar-refractivity contribution is -0.138. The van der Waals surface area contributed by atoms with Crippen LogP contribution in [0.25, 0.3) is 0 Å². The number of rotatable bonds is 9. The topological polar surface area (TPSA) is 49.4 Å². The highest BCUT2D eigenvalue weighted by atomic mass is 35.5. The van der Waals surface area contributed by atoms with Crippen LogP contribution in [0.2, 0.25) is 15.1 Å². The Hall–Kier alpha value is -1.40. The zero-order valence-corrected chi connectivity index (χ0v) is 20.2. The molecule has 0 aromatic heterocycles. The first kappa shape index (κ1) is 24.9. The van der Waals surface area contributed by atoms with Gasteiger partial charge in [-0.15, -0.1) is 11.8 Å². The van der Waals surface area contributed by atoms with Crippen molar-refractivity contribution in [1.82, 2.24) is 10.2 Å². The van der Waals surface area contributed by atoms with Crippen LogP contribution in [0.4, 0.5) is 0 Å². The van der Waals surface area contributed by atoms with Gasteiger partial charge < -0.3 is 10.2 Å². The van der Waals surface area contributed by atoms with E-state index < -0.39 is 6.04 Å². The Morgan fingerprint density at radius 1 is 1.00 bits per heavy atom. The third kappa shape index (κ3) is 7.38. The van der Waals surface area contributed by atoms with Crippen molar-refractivity contribution in [3.63, 3.8) is 0 Å². The van der Waals surface area contributed by atoms with E-state index in [1.165, 1.54) is 11.8 Å². The predicted molar refractivity (Wildman–Crippen MR) is 127 cm³/mol. The summed E-state index contributed by atoms with van der Waals surface area (Å²) >= 11 is 19.8. The summed E-state index contributed by atoms with van der Waals surface area (Å²) in [5, 5.41) is 4.64. The van der Waals surface area contributed by atoms with Crippen molar-refractivity contribution in [2.24, 2.45) is 0 Å². The lowest BCUT2D eigenvalue weighted by Gasteiger charge is -2.29. The average molecular weight is 488 g/mol. The molecule has 0 aliphatic heterocycles. The lowest BCUT2D eigenvalue weighted by atomic mass is 10.1. The smallest absolute Gasteiger partial charge is 0.242 e. The minimum absolute atomic E-state index is 0.0100. The van der Waals surface area contributed by atoms with Gasteiger partial charge in [0.25, 0.3) is 0 Å². The zero-order valence-electron chi connectivity index (χ0n) is 17.1. The van der Waals surface area contributed by atoms with Crippen molar-refractivity contribution in [2.75, 3.05) is 5.75 Å². The van der Waals surface area contributed by atoms with E-state index in [9.17, 15) is 9.59 Å². The van der Waals surface area contributed by atoms with Crippen LogP contribution < -0.4 is 5.32 Å². The van der Waals surface area contributed by atoms with Gasteiger partial charge in [-0.2, -0.15) is 0 Å². The van der Waals surface area contributed by atoms with E-state index in [2.05, 4.69) is 5.32 Å². The van der Waals surface area contributed by atoms with Crippen LogP contribution in [0.3, 0.4) is 0 Å². The second-order valence-corrected chi connectivity index (χ2v) is 9.42. The van der Waals surface area contributed by atoms with Gasteiger partial charge in [-0.1, -0.05) is 53.0 Å². The van der Waals surface area contributed by atoms with E-state index in [1.54, 1.807) is 42.2 Å². The molecule has 2 aromatic rings. The van der Waals surface area contributed by atoms with Crippen LogP contribution in [0.15, 0.2) is 42.5 Å². The van der Waals surface area contributed by atoms with E-state index >= 15 is 0 Å². The highest BCUT2D eigenvalue weighted by molar-refractivity contribution is 7.99. The summed E-state index contributed by atoms with van der Waals surface area (Å²) in [6.07, 6.45) is 0. The summed E-state index contributed by atoms with van der Waals surface area (Å²) in [4.78, 5) is 27.2. The Morgan fingerprint density at radius 2 is 1.60 bits per heavy atom. The summed E-state index contributed by atoms with van der Waals surface area (Å²) in [7, 11) is 0. The monoisotopic (exact) mass is 486 g/mol. The predicted octanol–water partition coefficient (Wildman–Crippen LogP) is 5.82. The number of thioether (sulfide) groups is 1. The van der Waals surface area contributed by atoms with E-state index in [-0.39, 0.29) is 23.6 Å². The Balaban J connectivity index is 2.10. The molecule has 2 rings (SSSR count). The number of amides is 2. The number of nitrogens with one attached hydrogen (secondary N) is 1. The Morgan fingerprint density at radius 3 is 2.17 bits per heavy atom. The molecule has 162 valence electrons. The first-order valence-corrected chi connectivity index (χ1v) is 11.8. The quantitative estimate of drug-likeness (QED) is 0.485. The molecular weight excluding hydrogens is 463 g/mol. The van der Waals surface area contributed by atoms with Gasteiger partial charge in [-0.3, -0.25) is 9.59 Å². The number of nitrogens with zero attached hydrogens (tertiary/aromatic N) is 1. The molecule has 0 bridgehead atoms. The number of carbonyl (C=O) groups excluding carboxylic acids is 2. The van der Waals surface area contributed by atoms with Gasteiger partial charge in [-0.25, -0.2) is 0 Å². The molecule has 0 radical (unpaired) electrons. The average Bonchev–Trinajstić information content (AvgIpc) is 2.68. The van der Waals surface area contributed by atoms with Gasteiger partial charge in [0.15, 0.2) is 0 Å². The highest BCUT2D eigenvalue weighted by Gasteiger charge is 2.26. The normalized spacial score (nSPS) is 12.0. The van der Waals surface area contributed by atoms with E-state index in [1.807, 2.05) is 26.0 Å². The van der Waals surface area contributed by atoms with Crippen LogP contribution in [0.5, 0.6) is 0 Å². The number of halogens is 3. The molecule has 0 saturated heterocycles. The molecule has 1 N–H and O–H groups in total. The number of benzene rings is 2. The van der Waals surface area contributed by atoms with Gasteiger partial charge in [-0.05, 0) is 56.2 Å². The van der Waals surface area contributed by atoms with Crippen molar-refractivity contribution in [3.8, 4) is 0 Å². The highest BCUT2D eigenvalue weighted by Crippen LogP contribution is 2.28. The minimum atomic E-state index is -0.611. The van der Waals surface area contributed by atoms with Gasteiger partial charge >= 0.3 is 0 Å². The molecule has 2 amide bonds. The van der Waals surface area contributed by atoms with E-state index in [0.717, 1.165) is 11.1 Å². The SMILES string of the molecule is CC(C)NC(=O)[C@H](C)N(Cc1ccc(Cl)cc1)C(=O)CSCc1c(Cl)cccc1Cl. The van der Waals surface area contributed by atoms with Crippen molar-refractivity contribution in [2.45, 2.75) is 45.2 Å². The summed E-state index contributed by atoms with van der Waals surface area (Å²) in [6.45, 7) is 5.83. The van der Waals surface area contributed by atoms with Crippen molar-refractivity contribution >= 4 is 58.4 Å². The van der Waals surface area contributed by atoms with Crippen LogP contribution >= 0.6 is 46.6 Å². The Labute approximate surface area is 197 Å². The third-order valence-corrected chi connectivity index (χ3v) is 6.30. The molecule has 4 nitrogen and oxygen atoms in total. The summed E-state index contributed by atoms with van der Waals surface area (Å²) in [5.74, 6) is 0.385. The maximum absolute atomic E-state index is 13.0. The number of hydrogen-bond acceptors (Lipinski definition) is 3. The van der Waals surface area contributed by atoms with Crippen LogP contribution in [0, 0.1) is 0 Å². The number of hydrogen-bond donors (Lipinski definition) is 1. The minimum Gasteiger partial charge on any atom is -0.352 e. The van der Waals surface area contributed by atoms with Crippen molar-refractivity contribution < 1.29 is 9.59 Å². The Kier molecular flexibility index (Phi) is 9.82. The summed E-state index contributed by atoms with van der Waals surface area (Å²) < 4.78 is 0. The third-order valence-electron chi connectivity index (χ3n) is 4.40. The standard InChI is InChI=1S/C22H25Cl3N2O2S/c1-14(2)26-22(29)15(3)27(11-16-7-9-17(23)10-8-16)21(28)13-30-12-18-19(24)5-4-6-20(18)25/h4-10,14-15H,11-13H2,1-3H3,(H,26,29)/t15-/m0/s1. The molecular formula is C22H25Cl3N2O2S. The van der Waals surface area contributed by atoms with Crippen molar-refractivity contribution in [1.29, 1.82) is 0 Å². The second-order valence-electron chi connectivity index (χ2n) is 7.18. The molecule has 8 heteroatoms. The molecule has 1 atom stereocenters. The van der Waals surface area contributed by atoms with E-state index in [0.29, 0.717) is 27.4 Å². The van der Waals surface area contributed by atoms with Crippen molar-refractivity contribution in [3.05, 3.63) is 68.7 Å². The molecule has 0 saturated carbocycles. The maximum atomic E-state index is 13.0. The molecule has 30 heavy (non-hydrogen) atoms. The fraction of sp³-hybridized carbons (Fsp3) is 0.364. The maximum Gasteiger partial charge on any atom is 0.242 e. The van der Waals surface area contributed by atoms with Gasteiger partial charge in [0, 0.05) is 33.4 Å². The Bertz CT molecular complexity index is 855. The fourth-order valence-electron chi connectivity index (χ4n) is 2.77. The number of carbonyl (C=O) groups is 2. The van der Waals surface area contributed by atoms with E-state index in [4.69, 9.17) is 34.8 Å². The molecule has 0 aliphatic carbocycles. The van der Waals surface area contributed by atoms with Crippen LogP contribution in [-0.2, 0) is 21.9 Å². The first-order chi connectivity index (χ1) is 14.2. The summed E-state index contributed by atoms with van der Waals surface area (Å²) in [5.41, 5.74) is 1.70. The largest absolute Gasteiger partial charge is 0.352 e. The molecule has 0 fully saturated rings. The molecule has 0 heterocycles. The second kappa shape index (κ2) is 11.8. The molecule has 0 spiro atoms. The molecule has 2 aromatic carbocycles. The lowest BCUT2D eigenvalue weighted by Crippen LogP contribution is -2.49. The molecule has 0 aliphatic rings. The fourth-order valence-corrected chi connectivity index (χ4v) is 4.54. The van der Waals surface area contributed by atoms with Gasteiger partial charge in [0.1, 0.15) is 6.04 Å². The van der Waals surface area contributed by atoms with Crippen LogP contribution in [-0.4, -0.2) is 34.6 Å². The summed E-state index contributed by atoms with van der Waals surface area (Å²) in [6, 6.07) is 12.0. The first-order valence-electron chi connectivity index (χ1n) is 9.54.